The van der Waals surface area contributed by atoms with Crippen LogP contribution in [0.4, 0.5) is 0 Å². The number of nitrogens with zero attached hydrogens (tertiary/aromatic N) is 2. The summed E-state index contributed by atoms with van der Waals surface area (Å²) in [6.45, 7) is 1.38. The lowest BCUT2D eigenvalue weighted by atomic mass is 10.2. The molecule has 110 valence electrons. The van der Waals surface area contributed by atoms with Gasteiger partial charge in [-0.3, -0.25) is 4.79 Å². The molecular weight excluding hydrogens is 276 g/mol. The van der Waals surface area contributed by atoms with Gasteiger partial charge in [-0.25, -0.2) is 9.78 Å². The second kappa shape index (κ2) is 6.17. The van der Waals surface area contributed by atoms with Crippen molar-refractivity contribution in [3.8, 4) is 0 Å². The van der Waals surface area contributed by atoms with Crippen LogP contribution in [-0.4, -0.2) is 24.0 Å². The van der Waals surface area contributed by atoms with Crippen molar-refractivity contribution in [2.45, 2.75) is 20.0 Å². The third-order valence-electron chi connectivity index (χ3n) is 2.87. The number of carbonyl (C=O) groups excluding carboxylic acids is 2. The van der Waals surface area contributed by atoms with Gasteiger partial charge in [-0.15, -0.1) is 0 Å². The average molecular weight is 290 g/mol. The first-order chi connectivity index (χ1) is 10.1. The molecule has 0 aliphatic heterocycles. The van der Waals surface area contributed by atoms with Crippen molar-refractivity contribution in [3.05, 3.63) is 40.9 Å². The Morgan fingerprint density at radius 1 is 1.33 bits per heavy atom. The summed E-state index contributed by atoms with van der Waals surface area (Å²) in [7, 11) is 1.17. The zero-order valence-corrected chi connectivity index (χ0v) is 11.7. The highest BCUT2D eigenvalue weighted by Crippen LogP contribution is 2.13. The molecule has 2 rings (SSSR count). The van der Waals surface area contributed by atoms with Crippen molar-refractivity contribution in [1.29, 1.82) is 0 Å². The topological polar surface area (TPSA) is 92.4 Å². The van der Waals surface area contributed by atoms with Crippen LogP contribution in [0.3, 0.4) is 0 Å². The van der Waals surface area contributed by atoms with Gasteiger partial charge in [0, 0.05) is 12.5 Å². The molecule has 0 fully saturated rings. The lowest BCUT2D eigenvalue weighted by Crippen LogP contribution is -2.38. The van der Waals surface area contributed by atoms with E-state index in [4.69, 9.17) is 4.74 Å². The third kappa shape index (κ3) is 2.91. The number of aromatic nitrogens is 2. The van der Waals surface area contributed by atoms with Crippen LogP contribution >= 0.6 is 0 Å². The number of ether oxygens (including phenoxy) is 2. The fourth-order valence-electron chi connectivity index (χ4n) is 1.82. The highest BCUT2D eigenvalue weighted by atomic mass is 16.5. The predicted octanol–water partition coefficient (Wildman–Crippen LogP) is 1.11. The standard InChI is InChI=1S/C14H14N2O5/c1-3-12(17)21-8-10-13(14(18)20-2)16(19)11-7-5-4-6-9(11)15-10/h4-7H,3,8H2,1-2H3. The van der Waals surface area contributed by atoms with Crippen LogP contribution in [0.5, 0.6) is 0 Å². The van der Waals surface area contributed by atoms with E-state index in [1.165, 1.54) is 7.11 Å². The Labute approximate surface area is 120 Å². The molecular formula is C14H14N2O5. The summed E-state index contributed by atoms with van der Waals surface area (Å²) in [6.07, 6.45) is 0.193. The first kappa shape index (κ1) is 14.7. The number of rotatable bonds is 4. The molecule has 1 aromatic carbocycles. The first-order valence-electron chi connectivity index (χ1n) is 6.33. The Hall–Kier alpha value is -2.70. The van der Waals surface area contributed by atoms with Gasteiger partial charge in [-0.1, -0.05) is 19.1 Å². The van der Waals surface area contributed by atoms with Crippen LogP contribution in [0.2, 0.25) is 0 Å². The molecule has 0 radical (unpaired) electrons. The number of benzene rings is 1. The van der Waals surface area contributed by atoms with Gasteiger partial charge in [0.05, 0.1) is 7.11 Å². The fourth-order valence-corrected chi connectivity index (χ4v) is 1.82. The molecule has 0 aliphatic carbocycles. The van der Waals surface area contributed by atoms with Crippen molar-refractivity contribution in [1.82, 2.24) is 4.98 Å². The number of esters is 2. The predicted molar refractivity (Wildman–Crippen MR) is 72.1 cm³/mol. The average Bonchev–Trinajstić information content (AvgIpc) is 2.52. The van der Waals surface area contributed by atoms with Crippen LogP contribution < -0.4 is 4.73 Å². The maximum absolute atomic E-state index is 12.3. The number of methoxy groups -OCH3 is 1. The Morgan fingerprint density at radius 2 is 2.05 bits per heavy atom. The molecule has 0 N–H and O–H groups in total. The molecule has 7 nitrogen and oxygen atoms in total. The van der Waals surface area contributed by atoms with Crippen LogP contribution in [0.25, 0.3) is 11.0 Å². The van der Waals surface area contributed by atoms with Crippen molar-refractivity contribution >= 4 is 23.0 Å². The molecule has 0 amide bonds. The smallest absolute Gasteiger partial charge is 0.406 e. The molecule has 0 unspecified atom stereocenters. The molecule has 2 aromatic rings. The quantitative estimate of drug-likeness (QED) is 0.476. The van der Waals surface area contributed by atoms with Crippen LogP contribution in [0, 0.1) is 5.21 Å². The molecule has 0 aliphatic rings. The summed E-state index contributed by atoms with van der Waals surface area (Å²) in [5, 5.41) is 12.3. The monoisotopic (exact) mass is 290 g/mol. The van der Waals surface area contributed by atoms with Gasteiger partial charge < -0.3 is 14.7 Å². The Balaban J connectivity index is 2.55. The Bertz CT molecular complexity index is 699. The molecule has 1 heterocycles. The lowest BCUT2D eigenvalue weighted by Gasteiger charge is -2.10. The van der Waals surface area contributed by atoms with Crippen molar-refractivity contribution < 1.29 is 23.8 Å². The largest absolute Gasteiger partial charge is 0.618 e. The minimum Gasteiger partial charge on any atom is -0.618 e. The van der Waals surface area contributed by atoms with Gasteiger partial charge in [-0.05, 0) is 6.07 Å². The van der Waals surface area contributed by atoms with E-state index >= 15 is 0 Å². The minimum absolute atomic E-state index is 0.0670. The Kier molecular flexibility index (Phi) is 4.32. The summed E-state index contributed by atoms with van der Waals surface area (Å²) in [4.78, 5) is 27.2. The lowest BCUT2D eigenvalue weighted by molar-refractivity contribution is -0.581. The molecule has 1 aromatic heterocycles. The summed E-state index contributed by atoms with van der Waals surface area (Å²) >= 11 is 0. The maximum atomic E-state index is 12.3. The summed E-state index contributed by atoms with van der Waals surface area (Å²) in [6, 6.07) is 6.56. The van der Waals surface area contributed by atoms with E-state index in [-0.39, 0.29) is 29.9 Å². The Morgan fingerprint density at radius 3 is 2.71 bits per heavy atom. The SMILES string of the molecule is CCC(=O)OCc1nc2ccccc2[n+]([O-])c1C(=O)OC. The van der Waals surface area contributed by atoms with E-state index in [1.54, 1.807) is 31.2 Å². The number of carbonyl (C=O) groups is 2. The first-order valence-corrected chi connectivity index (χ1v) is 6.33. The van der Waals surface area contributed by atoms with Gasteiger partial charge in [0.25, 0.3) is 0 Å². The van der Waals surface area contributed by atoms with Gasteiger partial charge in [-0.2, -0.15) is 4.73 Å². The second-order valence-electron chi connectivity index (χ2n) is 4.20. The summed E-state index contributed by atoms with van der Waals surface area (Å²) in [5.74, 6) is -1.27. The molecule has 21 heavy (non-hydrogen) atoms. The zero-order valence-electron chi connectivity index (χ0n) is 11.7. The van der Waals surface area contributed by atoms with Crippen LogP contribution in [0.1, 0.15) is 29.5 Å². The van der Waals surface area contributed by atoms with E-state index in [0.29, 0.717) is 10.2 Å². The van der Waals surface area contributed by atoms with Gasteiger partial charge in [0.2, 0.25) is 5.52 Å². The van der Waals surface area contributed by atoms with Crippen LogP contribution in [0.15, 0.2) is 24.3 Å². The molecule has 0 spiro atoms. The minimum atomic E-state index is -0.828. The molecule has 0 atom stereocenters. The maximum Gasteiger partial charge on any atom is 0.406 e. The van der Waals surface area contributed by atoms with Crippen molar-refractivity contribution in [2.24, 2.45) is 0 Å². The van der Waals surface area contributed by atoms with E-state index in [9.17, 15) is 14.8 Å². The van der Waals surface area contributed by atoms with Crippen molar-refractivity contribution in [3.63, 3.8) is 0 Å². The fraction of sp³-hybridized carbons (Fsp3) is 0.286. The number of para-hydroxylation sites is 2. The second-order valence-corrected chi connectivity index (χ2v) is 4.20. The zero-order chi connectivity index (χ0) is 15.4. The molecule has 7 heteroatoms. The highest BCUT2D eigenvalue weighted by molar-refractivity contribution is 5.88. The molecule has 0 saturated carbocycles. The van der Waals surface area contributed by atoms with E-state index in [0.717, 1.165) is 0 Å². The van der Waals surface area contributed by atoms with E-state index in [2.05, 4.69) is 9.72 Å². The van der Waals surface area contributed by atoms with Crippen molar-refractivity contribution in [2.75, 3.05) is 7.11 Å². The normalized spacial score (nSPS) is 10.4. The third-order valence-corrected chi connectivity index (χ3v) is 2.87. The molecule has 0 saturated heterocycles. The number of hydrogen-bond acceptors (Lipinski definition) is 6. The van der Waals surface area contributed by atoms with Gasteiger partial charge in [0.1, 0.15) is 12.1 Å². The summed E-state index contributed by atoms with van der Waals surface area (Å²) < 4.78 is 10.0. The highest BCUT2D eigenvalue weighted by Gasteiger charge is 2.27. The van der Waals surface area contributed by atoms with Crippen LogP contribution in [-0.2, 0) is 20.9 Å². The summed E-state index contributed by atoms with van der Waals surface area (Å²) in [5.41, 5.74) is 0.434. The number of hydrogen-bond donors (Lipinski definition) is 0. The molecule has 0 bridgehead atoms. The van der Waals surface area contributed by atoms with E-state index < -0.39 is 11.9 Å². The number of fused-ring (bicyclic) bond motifs is 1. The van der Waals surface area contributed by atoms with Gasteiger partial charge in [0.15, 0.2) is 5.69 Å². The van der Waals surface area contributed by atoms with Gasteiger partial charge >= 0.3 is 17.6 Å². The van der Waals surface area contributed by atoms with E-state index in [1.807, 2.05) is 0 Å².